The molecule has 78 valence electrons. The molecule has 14 heavy (non-hydrogen) atoms. The molecule has 2 fully saturated rings. The highest BCUT2D eigenvalue weighted by Gasteiger charge is 2.40. The molecule has 0 aromatic carbocycles. The third-order valence-electron chi connectivity index (χ3n) is 3.31. The van der Waals surface area contributed by atoms with Crippen LogP contribution in [0.2, 0.25) is 0 Å². The molecule has 0 aliphatic heterocycles. The Balaban J connectivity index is 1.98. The van der Waals surface area contributed by atoms with Crippen molar-refractivity contribution < 1.29 is 4.74 Å². The molecule has 0 aromatic rings. The molecular weight excluding hydrogens is 176 g/mol. The maximum absolute atomic E-state index is 9.26. The van der Waals surface area contributed by atoms with Crippen LogP contribution in [0.25, 0.3) is 0 Å². The third kappa shape index (κ3) is 2.08. The van der Waals surface area contributed by atoms with E-state index in [0.29, 0.717) is 6.04 Å². The molecule has 2 aliphatic carbocycles. The van der Waals surface area contributed by atoms with Gasteiger partial charge in [0, 0.05) is 19.6 Å². The molecule has 3 nitrogen and oxygen atoms in total. The van der Waals surface area contributed by atoms with Crippen LogP contribution in [-0.2, 0) is 4.74 Å². The van der Waals surface area contributed by atoms with Crippen LogP contribution in [0, 0.1) is 11.3 Å². The van der Waals surface area contributed by atoms with Gasteiger partial charge in [0.25, 0.3) is 0 Å². The minimum Gasteiger partial charge on any atom is -0.381 e. The molecule has 2 rings (SSSR count). The van der Waals surface area contributed by atoms with Crippen LogP contribution in [-0.4, -0.2) is 24.8 Å². The van der Waals surface area contributed by atoms with Crippen molar-refractivity contribution in [2.45, 2.75) is 56.2 Å². The minimum atomic E-state index is -0.292. The highest BCUT2D eigenvalue weighted by molar-refractivity contribution is 5.12. The van der Waals surface area contributed by atoms with Gasteiger partial charge >= 0.3 is 0 Å². The average Bonchev–Trinajstić information content (AvgIpc) is 3.02. The number of methoxy groups -OCH3 is 1. The van der Waals surface area contributed by atoms with Gasteiger partial charge in [-0.3, -0.25) is 5.32 Å². The summed E-state index contributed by atoms with van der Waals surface area (Å²) in [5.41, 5.74) is -0.292. The summed E-state index contributed by atoms with van der Waals surface area (Å²) < 4.78 is 5.36. The summed E-state index contributed by atoms with van der Waals surface area (Å²) >= 11 is 0. The highest BCUT2D eigenvalue weighted by atomic mass is 16.5. The largest absolute Gasteiger partial charge is 0.381 e. The van der Waals surface area contributed by atoms with E-state index in [2.05, 4.69) is 11.4 Å². The number of nitriles is 1. The van der Waals surface area contributed by atoms with Gasteiger partial charge in [-0.1, -0.05) is 0 Å². The molecule has 1 N–H and O–H groups in total. The summed E-state index contributed by atoms with van der Waals surface area (Å²) in [4.78, 5) is 0. The maximum Gasteiger partial charge on any atom is 0.109 e. The number of nitrogens with one attached hydrogen (secondary N) is 1. The van der Waals surface area contributed by atoms with Crippen LogP contribution < -0.4 is 5.32 Å². The third-order valence-corrected chi connectivity index (χ3v) is 3.31. The number of nitrogens with zero attached hydrogens (tertiary/aromatic N) is 1. The number of rotatable bonds is 3. The average molecular weight is 194 g/mol. The standard InChI is InChI=1S/C11H18N2O/c1-14-10-3-2-6-11(7-10,8-12)13-9-4-5-9/h9-10,13H,2-7H2,1H3. The van der Waals surface area contributed by atoms with Crippen molar-refractivity contribution in [3.8, 4) is 6.07 Å². The van der Waals surface area contributed by atoms with Crippen molar-refractivity contribution in [1.29, 1.82) is 5.26 Å². The molecule has 0 saturated heterocycles. The topological polar surface area (TPSA) is 45.0 Å². The quantitative estimate of drug-likeness (QED) is 0.742. The van der Waals surface area contributed by atoms with Crippen molar-refractivity contribution in [3.05, 3.63) is 0 Å². The zero-order valence-corrected chi connectivity index (χ0v) is 8.75. The van der Waals surface area contributed by atoms with Gasteiger partial charge in [0.05, 0.1) is 12.2 Å². The molecule has 0 aromatic heterocycles. The molecule has 0 heterocycles. The zero-order valence-electron chi connectivity index (χ0n) is 8.75. The SMILES string of the molecule is COC1CCCC(C#N)(NC2CC2)C1. The van der Waals surface area contributed by atoms with E-state index >= 15 is 0 Å². The predicted octanol–water partition coefficient (Wildman–Crippen LogP) is 1.59. The van der Waals surface area contributed by atoms with Crippen molar-refractivity contribution in [2.75, 3.05) is 7.11 Å². The van der Waals surface area contributed by atoms with E-state index in [-0.39, 0.29) is 11.6 Å². The summed E-state index contributed by atoms with van der Waals surface area (Å²) in [5, 5.41) is 12.7. The lowest BCUT2D eigenvalue weighted by atomic mass is 9.81. The second kappa shape index (κ2) is 3.88. The summed E-state index contributed by atoms with van der Waals surface area (Å²) in [6.07, 6.45) is 6.80. The van der Waals surface area contributed by atoms with Crippen molar-refractivity contribution in [1.82, 2.24) is 5.32 Å². The van der Waals surface area contributed by atoms with Crippen LogP contribution in [0.3, 0.4) is 0 Å². The van der Waals surface area contributed by atoms with Gasteiger partial charge in [-0.25, -0.2) is 0 Å². The second-order valence-corrected chi connectivity index (χ2v) is 4.57. The van der Waals surface area contributed by atoms with Gasteiger partial charge in [0.1, 0.15) is 5.54 Å². The van der Waals surface area contributed by atoms with Gasteiger partial charge in [-0.05, 0) is 32.1 Å². The van der Waals surface area contributed by atoms with Gasteiger partial charge < -0.3 is 4.74 Å². The minimum absolute atomic E-state index is 0.273. The van der Waals surface area contributed by atoms with E-state index in [1.807, 2.05) is 0 Å². The van der Waals surface area contributed by atoms with Gasteiger partial charge in [-0.2, -0.15) is 5.26 Å². The van der Waals surface area contributed by atoms with E-state index in [0.717, 1.165) is 25.7 Å². The Labute approximate surface area is 85.4 Å². The van der Waals surface area contributed by atoms with Crippen molar-refractivity contribution in [2.24, 2.45) is 0 Å². The highest BCUT2D eigenvalue weighted by Crippen LogP contribution is 2.33. The van der Waals surface area contributed by atoms with E-state index in [4.69, 9.17) is 4.74 Å². The van der Waals surface area contributed by atoms with E-state index in [9.17, 15) is 5.26 Å². The molecule has 2 atom stereocenters. The zero-order chi connectivity index (χ0) is 10.0. The first kappa shape index (κ1) is 9.95. The van der Waals surface area contributed by atoms with E-state index in [1.54, 1.807) is 7.11 Å². The lowest BCUT2D eigenvalue weighted by molar-refractivity contribution is 0.0445. The molecule has 2 aliphatic rings. The Kier molecular flexibility index (Phi) is 2.76. The monoisotopic (exact) mass is 194 g/mol. The fraction of sp³-hybridized carbons (Fsp3) is 0.909. The van der Waals surface area contributed by atoms with Crippen LogP contribution >= 0.6 is 0 Å². The molecule has 0 bridgehead atoms. The Morgan fingerprint density at radius 1 is 1.43 bits per heavy atom. The van der Waals surface area contributed by atoms with Crippen LogP contribution in [0.15, 0.2) is 0 Å². The maximum atomic E-state index is 9.26. The molecule has 0 radical (unpaired) electrons. The first-order valence-corrected chi connectivity index (χ1v) is 5.50. The van der Waals surface area contributed by atoms with E-state index < -0.39 is 0 Å². The van der Waals surface area contributed by atoms with Gasteiger partial charge in [0.2, 0.25) is 0 Å². The molecule has 0 spiro atoms. The second-order valence-electron chi connectivity index (χ2n) is 4.57. The lowest BCUT2D eigenvalue weighted by Gasteiger charge is -2.36. The number of ether oxygens (including phenoxy) is 1. The first-order valence-electron chi connectivity index (χ1n) is 5.50. The fourth-order valence-corrected chi connectivity index (χ4v) is 2.31. The molecule has 2 saturated carbocycles. The number of hydrogen-bond donors (Lipinski definition) is 1. The fourth-order valence-electron chi connectivity index (χ4n) is 2.31. The smallest absolute Gasteiger partial charge is 0.109 e. The Morgan fingerprint density at radius 2 is 2.21 bits per heavy atom. The summed E-state index contributed by atoms with van der Waals surface area (Å²) in [6.45, 7) is 0. The van der Waals surface area contributed by atoms with Crippen molar-refractivity contribution in [3.63, 3.8) is 0 Å². The molecule has 2 unspecified atom stereocenters. The molecular formula is C11H18N2O. The van der Waals surface area contributed by atoms with Crippen molar-refractivity contribution >= 4 is 0 Å². The van der Waals surface area contributed by atoms with Crippen LogP contribution in [0.5, 0.6) is 0 Å². The van der Waals surface area contributed by atoms with Gasteiger partial charge in [-0.15, -0.1) is 0 Å². The lowest BCUT2D eigenvalue weighted by Crippen LogP contribution is -2.50. The summed E-state index contributed by atoms with van der Waals surface area (Å²) in [6, 6.07) is 3.06. The van der Waals surface area contributed by atoms with Crippen LogP contribution in [0.4, 0.5) is 0 Å². The molecule has 3 heteroatoms. The molecule has 0 amide bonds. The van der Waals surface area contributed by atoms with Crippen LogP contribution in [0.1, 0.15) is 38.5 Å². The Morgan fingerprint density at radius 3 is 2.79 bits per heavy atom. The first-order chi connectivity index (χ1) is 6.78. The van der Waals surface area contributed by atoms with Gasteiger partial charge in [0.15, 0.2) is 0 Å². The Hall–Kier alpha value is -0.590. The normalized spacial score (nSPS) is 37.9. The number of hydrogen-bond acceptors (Lipinski definition) is 3. The predicted molar refractivity (Wildman–Crippen MR) is 53.8 cm³/mol. The van der Waals surface area contributed by atoms with E-state index in [1.165, 1.54) is 12.8 Å². The Bertz CT molecular complexity index is 244. The summed E-state index contributed by atoms with van der Waals surface area (Å²) in [7, 11) is 1.75. The summed E-state index contributed by atoms with van der Waals surface area (Å²) in [5.74, 6) is 0.